The predicted octanol–water partition coefficient (Wildman–Crippen LogP) is 1.46. The fraction of sp³-hybridized carbons (Fsp3) is 0.350. The maximum absolute atomic E-state index is 12.3. The molecule has 9 heteroatoms. The molecule has 2 aromatic heterocycles. The number of nitrogens with zero attached hydrogens (tertiary/aromatic N) is 7. The molecule has 0 spiro atoms. The van der Waals surface area contributed by atoms with Crippen LogP contribution >= 0.6 is 0 Å². The molecule has 1 aliphatic heterocycles. The predicted molar refractivity (Wildman–Crippen MR) is 109 cm³/mol. The van der Waals surface area contributed by atoms with E-state index in [9.17, 15) is 4.79 Å². The van der Waals surface area contributed by atoms with E-state index >= 15 is 0 Å². The van der Waals surface area contributed by atoms with Crippen LogP contribution in [0.3, 0.4) is 0 Å². The highest BCUT2D eigenvalue weighted by molar-refractivity contribution is 5.92. The van der Waals surface area contributed by atoms with Crippen LogP contribution in [0.1, 0.15) is 17.7 Å². The molecule has 1 aromatic carbocycles. The van der Waals surface area contributed by atoms with Crippen LogP contribution in [0.15, 0.2) is 36.7 Å². The molecule has 1 amide bonds. The van der Waals surface area contributed by atoms with Gasteiger partial charge in [0, 0.05) is 50.9 Å². The number of nitrogens with one attached hydrogen (secondary N) is 1. The van der Waals surface area contributed by atoms with Gasteiger partial charge in [0.2, 0.25) is 5.91 Å². The molecular formula is C20H22N8O. The summed E-state index contributed by atoms with van der Waals surface area (Å²) in [6.45, 7) is 6.05. The van der Waals surface area contributed by atoms with E-state index in [1.165, 1.54) is 6.33 Å². The Hall–Kier alpha value is -3.51. The molecule has 0 aliphatic carbocycles. The van der Waals surface area contributed by atoms with Crippen molar-refractivity contribution in [3.05, 3.63) is 47.9 Å². The Morgan fingerprint density at radius 1 is 1.24 bits per heavy atom. The largest absolute Gasteiger partial charge is 0.354 e. The van der Waals surface area contributed by atoms with Crippen molar-refractivity contribution in [2.24, 2.45) is 0 Å². The van der Waals surface area contributed by atoms with Crippen molar-refractivity contribution < 1.29 is 4.79 Å². The lowest BCUT2D eigenvalue weighted by Gasteiger charge is -2.35. The third-order valence-electron chi connectivity index (χ3n) is 5.03. The van der Waals surface area contributed by atoms with Crippen LogP contribution < -0.4 is 10.2 Å². The smallest absolute Gasteiger partial charge is 0.254 e. The van der Waals surface area contributed by atoms with Gasteiger partial charge in [-0.15, -0.1) is 0 Å². The van der Waals surface area contributed by atoms with Crippen molar-refractivity contribution in [2.45, 2.75) is 13.3 Å². The van der Waals surface area contributed by atoms with E-state index in [1.807, 2.05) is 19.1 Å². The zero-order chi connectivity index (χ0) is 20.2. The molecule has 1 fully saturated rings. The molecule has 1 aliphatic rings. The monoisotopic (exact) mass is 390 g/mol. The van der Waals surface area contributed by atoms with Gasteiger partial charge in [-0.3, -0.25) is 9.69 Å². The maximum atomic E-state index is 12.3. The average Bonchev–Trinajstić information content (AvgIpc) is 3.21. The third-order valence-corrected chi connectivity index (χ3v) is 5.03. The van der Waals surface area contributed by atoms with E-state index in [0.717, 1.165) is 37.7 Å². The normalized spacial score (nSPS) is 14.7. The zero-order valence-electron chi connectivity index (χ0n) is 16.2. The minimum absolute atomic E-state index is 0.0794. The van der Waals surface area contributed by atoms with Crippen LogP contribution in [0.5, 0.6) is 0 Å². The van der Waals surface area contributed by atoms with E-state index in [2.05, 4.69) is 36.3 Å². The second-order valence-corrected chi connectivity index (χ2v) is 7.01. The Labute approximate surface area is 168 Å². The SMILES string of the molecule is Cc1cc(N2CCN(CCC(=O)Nc3ccccc3C#N)CC2)n2ncnc2n1. The first kappa shape index (κ1) is 18.8. The van der Waals surface area contributed by atoms with Gasteiger partial charge in [-0.05, 0) is 19.1 Å². The fourth-order valence-corrected chi connectivity index (χ4v) is 3.50. The summed E-state index contributed by atoms with van der Waals surface area (Å²) in [5, 5.41) is 16.2. The summed E-state index contributed by atoms with van der Waals surface area (Å²) in [6.07, 6.45) is 1.91. The molecule has 148 valence electrons. The number of aryl methyl sites for hydroxylation is 1. The number of hydrogen-bond acceptors (Lipinski definition) is 7. The van der Waals surface area contributed by atoms with Crippen LogP contribution in [-0.2, 0) is 4.79 Å². The number of anilines is 2. The molecule has 0 bridgehead atoms. The van der Waals surface area contributed by atoms with Gasteiger partial charge in [-0.25, -0.2) is 4.98 Å². The van der Waals surface area contributed by atoms with Crippen LogP contribution in [0.25, 0.3) is 5.78 Å². The Balaban J connectivity index is 1.30. The quantitative estimate of drug-likeness (QED) is 0.703. The van der Waals surface area contributed by atoms with E-state index in [4.69, 9.17) is 5.26 Å². The number of para-hydroxylation sites is 1. The lowest BCUT2D eigenvalue weighted by molar-refractivity contribution is -0.116. The van der Waals surface area contributed by atoms with Gasteiger partial charge in [0.15, 0.2) is 0 Å². The third kappa shape index (κ3) is 4.17. The minimum Gasteiger partial charge on any atom is -0.354 e. The molecule has 1 N–H and O–H groups in total. The van der Waals surface area contributed by atoms with Crippen molar-refractivity contribution in [2.75, 3.05) is 42.9 Å². The number of carbonyl (C=O) groups excluding carboxylic acids is 1. The molecule has 4 rings (SSSR count). The second-order valence-electron chi connectivity index (χ2n) is 7.01. The summed E-state index contributed by atoms with van der Waals surface area (Å²) < 4.78 is 1.77. The Kier molecular flexibility index (Phi) is 5.35. The Morgan fingerprint density at radius 3 is 2.83 bits per heavy atom. The highest BCUT2D eigenvalue weighted by atomic mass is 16.1. The molecule has 3 aromatic rings. The minimum atomic E-state index is -0.0794. The fourth-order valence-electron chi connectivity index (χ4n) is 3.50. The van der Waals surface area contributed by atoms with Crippen LogP contribution in [0.2, 0.25) is 0 Å². The highest BCUT2D eigenvalue weighted by Crippen LogP contribution is 2.18. The lowest BCUT2D eigenvalue weighted by Crippen LogP contribution is -2.47. The molecular weight excluding hydrogens is 368 g/mol. The second kappa shape index (κ2) is 8.24. The molecule has 0 radical (unpaired) electrons. The van der Waals surface area contributed by atoms with Crippen molar-refractivity contribution in [1.29, 1.82) is 5.26 Å². The van der Waals surface area contributed by atoms with E-state index in [-0.39, 0.29) is 5.91 Å². The highest BCUT2D eigenvalue weighted by Gasteiger charge is 2.20. The van der Waals surface area contributed by atoms with Crippen LogP contribution in [0, 0.1) is 18.3 Å². The summed E-state index contributed by atoms with van der Waals surface area (Å²) in [5.41, 5.74) is 1.95. The molecule has 0 saturated carbocycles. The first-order chi connectivity index (χ1) is 14.1. The van der Waals surface area contributed by atoms with E-state index in [1.54, 1.807) is 22.7 Å². The van der Waals surface area contributed by atoms with Gasteiger partial charge in [0.05, 0.1) is 11.3 Å². The first-order valence-electron chi connectivity index (χ1n) is 9.58. The molecule has 3 heterocycles. The van der Waals surface area contributed by atoms with Crippen molar-refractivity contribution in [1.82, 2.24) is 24.5 Å². The number of amides is 1. The van der Waals surface area contributed by atoms with Crippen LogP contribution in [0.4, 0.5) is 11.5 Å². The summed E-state index contributed by atoms with van der Waals surface area (Å²) in [7, 11) is 0. The number of piperazine rings is 1. The van der Waals surface area contributed by atoms with Gasteiger partial charge >= 0.3 is 0 Å². The number of carbonyl (C=O) groups is 1. The lowest BCUT2D eigenvalue weighted by atomic mass is 10.2. The van der Waals surface area contributed by atoms with Gasteiger partial charge in [0.1, 0.15) is 18.2 Å². The number of aromatic nitrogens is 4. The molecule has 9 nitrogen and oxygen atoms in total. The van der Waals surface area contributed by atoms with Gasteiger partial charge in [0.25, 0.3) is 5.78 Å². The zero-order valence-corrected chi connectivity index (χ0v) is 16.2. The van der Waals surface area contributed by atoms with E-state index in [0.29, 0.717) is 30.0 Å². The van der Waals surface area contributed by atoms with Gasteiger partial charge < -0.3 is 10.2 Å². The number of hydrogen-bond donors (Lipinski definition) is 1. The van der Waals surface area contributed by atoms with Gasteiger partial charge in [-0.1, -0.05) is 12.1 Å². The van der Waals surface area contributed by atoms with E-state index < -0.39 is 0 Å². The standard InChI is InChI=1S/C20H22N8O/c1-15-12-19(28-20(24-15)22-14-23-28)27-10-8-26(9-11-27)7-6-18(29)25-17-5-3-2-4-16(17)13-21/h2-5,12,14H,6-11H2,1H3,(H,25,29). The van der Waals surface area contributed by atoms with Gasteiger partial charge in [-0.2, -0.15) is 19.9 Å². The van der Waals surface area contributed by atoms with Crippen molar-refractivity contribution >= 4 is 23.2 Å². The summed E-state index contributed by atoms with van der Waals surface area (Å²) >= 11 is 0. The van der Waals surface area contributed by atoms with Crippen molar-refractivity contribution in [3.8, 4) is 6.07 Å². The number of rotatable bonds is 5. The molecule has 29 heavy (non-hydrogen) atoms. The maximum Gasteiger partial charge on any atom is 0.254 e. The topological polar surface area (TPSA) is 102 Å². The summed E-state index contributed by atoms with van der Waals surface area (Å²) in [6, 6.07) is 11.2. The molecule has 1 saturated heterocycles. The molecule has 0 unspecified atom stereocenters. The average molecular weight is 390 g/mol. The Bertz CT molecular complexity index is 1060. The number of nitriles is 1. The van der Waals surface area contributed by atoms with Crippen LogP contribution in [-0.4, -0.2) is 63.1 Å². The van der Waals surface area contributed by atoms with Crippen molar-refractivity contribution in [3.63, 3.8) is 0 Å². The summed E-state index contributed by atoms with van der Waals surface area (Å²) in [4.78, 5) is 25.4. The Morgan fingerprint density at radius 2 is 2.03 bits per heavy atom. The number of fused-ring (bicyclic) bond motifs is 1. The first-order valence-corrected chi connectivity index (χ1v) is 9.58. The summed E-state index contributed by atoms with van der Waals surface area (Å²) in [5.74, 6) is 1.52. The molecule has 0 atom stereocenters. The number of benzene rings is 1.